The van der Waals surface area contributed by atoms with Crippen LogP contribution >= 0.6 is 0 Å². The second-order valence-corrected chi connectivity index (χ2v) is 6.75. The van der Waals surface area contributed by atoms with Crippen LogP contribution in [0.3, 0.4) is 0 Å². The number of nitrogens with zero attached hydrogens (tertiary/aromatic N) is 2. The van der Waals surface area contributed by atoms with Crippen LogP contribution in [-0.2, 0) is 10.3 Å². The second kappa shape index (κ2) is 7.89. The molecule has 0 aromatic heterocycles. The van der Waals surface area contributed by atoms with Gasteiger partial charge in [0.1, 0.15) is 5.60 Å². The van der Waals surface area contributed by atoms with Gasteiger partial charge in [-0.1, -0.05) is 24.3 Å². The molecule has 4 nitrogen and oxygen atoms in total. The van der Waals surface area contributed by atoms with Gasteiger partial charge in [-0.15, -0.1) is 0 Å². The van der Waals surface area contributed by atoms with Crippen molar-refractivity contribution in [2.45, 2.75) is 25.6 Å². The lowest BCUT2D eigenvalue weighted by atomic mass is 9.82. The first-order chi connectivity index (χ1) is 11.8. The molecule has 0 radical (unpaired) electrons. The molecule has 4 heteroatoms. The van der Waals surface area contributed by atoms with Crippen molar-refractivity contribution in [2.75, 3.05) is 44.6 Å². The van der Waals surface area contributed by atoms with Gasteiger partial charge in [0.2, 0.25) is 0 Å². The molecular formula is C21H30N2O2. The van der Waals surface area contributed by atoms with Crippen LogP contribution in [0.5, 0.6) is 0 Å². The van der Waals surface area contributed by atoms with Crippen LogP contribution in [-0.4, -0.2) is 46.0 Å². The van der Waals surface area contributed by atoms with E-state index in [0.29, 0.717) is 6.61 Å². The molecule has 0 aliphatic carbocycles. The van der Waals surface area contributed by atoms with Gasteiger partial charge in [0.15, 0.2) is 0 Å². The SMILES string of the molecule is CCO[C@H](C)C(O)(c1ccc(N(C)C)cc1)c1ccc(N(C)C)cc1. The van der Waals surface area contributed by atoms with Crippen molar-refractivity contribution in [3.8, 4) is 0 Å². The first-order valence-corrected chi connectivity index (χ1v) is 8.70. The molecule has 0 saturated carbocycles. The molecule has 2 aromatic rings. The number of hydrogen-bond acceptors (Lipinski definition) is 4. The zero-order chi connectivity index (χ0) is 18.6. The van der Waals surface area contributed by atoms with Gasteiger partial charge in [0, 0.05) is 46.2 Å². The maximum Gasteiger partial charge on any atom is 0.140 e. The average molecular weight is 342 g/mol. The van der Waals surface area contributed by atoms with Crippen LogP contribution in [0.1, 0.15) is 25.0 Å². The summed E-state index contributed by atoms with van der Waals surface area (Å²) >= 11 is 0. The Labute approximate surface area is 151 Å². The van der Waals surface area contributed by atoms with Crippen LogP contribution in [0.2, 0.25) is 0 Å². The lowest BCUT2D eigenvalue weighted by Gasteiger charge is -2.35. The summed E-state index contributed by atoms with van der Waals surface area (Å²) in [6, 6.07) is 16.0. The Hall–Kier alpha value is -2.04. The van der Waals surface area contributed by atoms with E-state index < -0.39 is 5.60 Å². The zero-order valence-corrected chi connectivity index (χ0v) is 16.2. The van der Waals surface area contributed by atoms with E-state index in [1.165, 1.54) is 0 Å². The number of aliphatic hydroxyl groups is 1. The van der Waals surface area contributed by atoms with E-state index in [1.54, 1.807) is 0 Å². The highest BCUT2D eigenvalue weighted by Gasteiger charge is 2.38. The Bertz CT molecular complexity index is 612. The van der Waals surface area contributed by atoms with E-state index in [4.69, 9.17) is 4.74 Å². The van der Waals surface area contributed by atoms with Gasteiger partial charge in [-0.2, -0.15) is 0 Å². The third-order valence-electron chi connectivity index (χ3n) is 4.65. The van der Waals surface area contributed by atoms with Crippen molar-refractivity contribution in [2.24, 2.45) is 0 Å². The average Bonchev–Trinajstić information content (AvgIpc) is 2.61. The summed E-state index contributed by atoms with van der Waals surface area (Å²) in [6.07, 6.45) is -0.368. The Balaban J connectivity index is 2.49. The number of hydrogen-bond donors (Lipinski definition) is 1. The Morgan fingerprint density at radius 2 is 1.20 bits per heavy atom. The lowest BCUT2D eigenvalue weighted by Crippen LogP contribution is -2.40. The fourth-order valence-corrected chi connectivity index (χ4v) is 3.03. The Morgan fingerprint density at radius 3 is 1.48 bits per heavy atom. The van der Waals surface area contributed by atoms with Gasteiger partial charge < -0.3 is 19.6 Å². The summed E-state index contributed by atoms with van der Waals surface area (Å²) < 4.78 is 5.80. The quantitative estimate of drug-likeness (QED) is 0.836. The van der Waals surface area contributed by atoms with Crippen LogP contribution in [0.4, 0.5) is 11.4 Å². The highest BCUT2D eigenvalue weighted by Crippen LogP contribution is 2.36. The van der Waals surface area contributed by atoms with Crippen LogP contribution < -0.4 is 9.80 Å². The number of rotatable bonds is 7. The standard InChI is InChI=1S/C21H30N2O2/c1-7-25-16(2)21(24,17-8-12-19(13-9-17)22(3)4)18-10-14-20(15-11-18)23(5)6/h8-16,24H,7H2,1-6H3/t16-/m1/s1. The Morgan fingerprint density at radius 1 is 0.840 bits per heavy atom. The first-order valence-electron chi connectivity index (χ1n) is 8.70. The van der Waals surface area contributed by atoms with Gasteiger partial charge in [-0.05, 0) is 49.2 Å². The van der Waals surface area contributed by atoms with Crippen molar-refractivity contribution in [1.29, 1.82) is 0 Å². The van der Waals surface area contributed by atoms with Crippen molar-refractivity contribution in [3.05, 3.63) is 59.7 Å². The lowest BCUT2D eigenvalue weighted by molar-refractivity contribution is -0.0769. The molecule has 0 aliphatic heterocycles. The third kappa shape index (κ3) is 3.97. The number of anilines is 2. The van der Waals surface area contributed by atoms with E-state index in [2.05, 4.69) is 0 Å². The molecule has 0 bridgehead atoms. The summed E-state index contributed by atoms with van der Waals surface area (Å²) in [4.78, 5) is 4.08. The van der Waals surface area contributed by atoms with Crippen molar-refractivity contribution >= 4 is 11.4 Å². The molecule has 2 rings (SSSR count). The van der Waals surface area contributed by atoms with E-state index in [0.717, 1.165) is 22.5 Å². The van der Waals surface area contributed by atoms with Crippen molar-refractivity contribution < 1.29 is 9.84 Å². The molecule has 0 amide bonds. The largest absolute Gasteiger partial charge is 0.378 e. The fraction of sp³-hybridized carbons (Fsp3) is 0.429. The van der Waals surface area contributed by atoms with E-state index in [-0.39, 0.29) is 6.10 Å². The van der Waals surface area contributed by atoms with Gasteiger partial charge in [-0.25, -0.2) is 0 Å². The molecule has 0 heterocycles. The predicted octanol–water partition coefficient (Wildman–Crippen LogP) is 3.48. The number of ether oxygens (including phenoxy) is 1. The van der Waals surface area contributed by atoms with E-state index >= 15 is 0 Å². The molecule has 0 spiro atoms. The van der Waals surface area contributed by atoms with Gasteiger partial charge in [0.05, 0.1) is 6.10 Å². The summed E-state index contributed by atoms with van der Waals surface area (Å²) in [5, 5.41) is 11.7. The van der Waals surface area contributed by atoms with Gasteiger partial charge >= 0.3 is 0 Å². The maximum absolute atomic E-state index is 11.7. The molecule has 1 N–H and O–H groups in total. The van der Waals surface area contributed by atoms with Crippen molar-refractivity contribution in [3.63, 3.8) is 0 Å². The summed E-state index contributed by atoms with van der Waals surface area (Å²) in [6.45, 7) is 4.42. The third-order valence-corrected chi connectivity index (χ3v) is 4.65. The van der Waals surface area contributed by atoms with Crippen LogP contribution in [0.25, 0.3) is 0 Å². The predicted molar refractivity (Wildman–Crippen MR) is 106 cm³/mol. The molecule has 0 unspecified atom stereocenters. The molecule has 0 fully saturated rings. The zero-order valence-electron chi connectivity index (χ0n) is 16.2. The molecule has 25 heavy (non-hydrogen) atoms. The summed E-state index contributed by atoms with van der Waals surface area (Å²) in [7, 11) is 8.02. The van der Waals surface area contributed by atoms with Crippen LogP contribution in [0, 0.1) is 0 Å². The molecule has 0 aliphatic rings. The van der Waals surface area contributed by atoms with E-state index in [9.17, 15) is 5.11 Å². The highest BCUT2D eigenvalue weighted by atomic mass is 16.5. The van der Waals surface area contributed by atoms with Gasteiger partial charge in [-0.3, -0.25) is 0 Å². The first kappa shape index (κ1) is 19.3. The molecule has 0 saturated heterocycles. The summed E-state index contributed by atoms with van der Waals surface area (Å²) in [5.41, 5.74) is 2.65. The number of benzene rings is 2. The topological polar surface area (TPSA) is 35.9 Å². The van der Waals surface area contributed by atoms with Crippen LogP contribution in [0.15, 0.2) is 48.5 Å². The van der Waals surface area contributed by atoms with Crippen molar-refractivity contribution in [1.82, 2.24) is 0 Å². The summed E-state index contributed by atoms with van der Waals surface area (Å²) in [5.74, 6) is 0. The van der Waals surface area contributed by atoms with E-state index in [1.807, 2.05) is 100 Å². The highest BCUT2D eigenvalue weighted by molar-refractivity contribution is 5.52. The minimum Gasteiger partial charge on any atom is -0.378 e. The normalized spacial score (nSPS) is 12.8. The molecule has 1 atom stereocenters. The maximum atomic E-state index is 11.7. The molecule has 136 valence electrons. The fourth-order valence-electron chi connectivity index (χ4n) is 3.03. The molecular weight excluding hydrogens is 312 g/mol. The smallest absolute Gasteiger partial charge is 0.140 e. The minimum absolute atomic E-state index is 0.368. The Kier molecular flexibility index (Phi) is 6.09. The minimum atomic E-state index is -1.20. The molecule has 2 aromatic carbocycles. The monoisotopic (exact) mass is 342 g/mol. The second-order valence-electron chi connectivity index (χ2n) is 6.75. The van der Waals surface area contributed by atoms with Gasteiger partial charge in [0.25, 0.3) is 0 Å².